The standard InChI is InChI=1S/C18H23NOS/c1-18(2,3)14-6-10-16(11-7-14)21-12-17(20)13-4-8-15(19)9-5-13/h4-11,17,20H,12,19H2,1-3H3. The highest BCUT2D eigenvalue weighted by Gasteiger charge is 2.13. The third-order valence-electron chi connectivity index (χ3n) is 3.45. The second kappa shape index (κ2) is 6.54. The minimum absolute atomic E-state index is 0.173. The van der Waals surface area contributed by atoms with Crippen molar-refractivity contribution < 1.29 is 5.11 Å². The maximum Gasteiger partial charge on any atom is 0.0883 e. The van der Waals surface area contributed by atoms with Gasteiger partial charge in [-0.25, -0.2) is 0 Å². The molecule has 2 aromatic carbocycles. The summed E-state index contributed by atoms with van der Waals surface area (Å²) in [6, 6.07) is 16.0. The molecular formula is C18H23NOS. The Morgan fingerprint density at radius 2 is 1.57 bits per heavy atom. The molecule has 1 unspecified atom stereocenters. The predicted molar refractivity (Wildman–Crippen MR) is 91.7 cm³/mol. The molecule has 3 N–H and O–H groups in total. The van der Waals surface area contributed by atoms with Gasteiger partial charge in [0.2, 0.25) is 0 Å². The minimum atomic E-state index is -0.474. The van der Waals surface area contributed by atoms with Gasteiger partial charge in [-0.15, -0.1) is 11.8 Å². The van der Waals surface area contributed by atoms with E-state index in [9.17, 15) is 5.11 Å². The first-order valence-electron chi connectivity index (χ1n) is 7.13. The molecule has 2 nitrogen and oxygen atoms in total. The average Bonchev–Trinajstić information content (AvgIpc) is 2.45. The number of anilines is 1. The molecule has 0 saturated carbocycles. The maximum atomic E-state index is 10.2. The van der Waals surface area contributed by atoms with Crippen molar-refractivity contribution in [1.29, 1.82) is 0 Å². The Bertz CT molecular complexity index is 570. The highest BCUT2D eigenvalue weighted by atomic mass is 32.2. The van der Waals surface area contributed by atoms with E-state index in [0.717, 1.165) is 11.3 Å². The fourth-order valence-corrected chi connectivity index (χ4v) is 2.91. The van der Waals surface area contributed by atoms with Gasteiger partial charge in [-0.2, -0.15) is 0 Å². The first-order valence-corrected chi connectivity index (χ1v) is 8.11. The Morgan fingerprint density at radius 1 is 1.00 bits per heavy atom. The lowest BCUT2D eigenvalue weighted by molar-refractivity contribution is 0.204. The largest absolute Gasteiger partial charge is 0.399 e. The number of hydrogen-bond acceptors (Lipinski definition) is 3. The van der Waals surface area contributed by atoms with E-state index in [1.54, 1.807) is 11.8 Å². The molecule has 0 bridgehead atoms. The van der Waals surface area contributed by atoms with E-state index in [4.69, 9.17) is 5.73 Å². The van der Waals surface area contributed by atoms with E-state index < -0.39 is 6.10 Å². The van der Waals surface area contributed by atoms with Crippen molar-refractivity contribution in [2.45, 2.75) is 37.2 Å². The summed E-state index contributed by atoms with van der Waals surface area (Å²) >= 11 is 1.67. The number of nitrogens with two attached hydrogens (primary N) is 1. The molecule has 0 aromatic heterocycles. The van der Waals surface area contributed by atoms with Crippen LogP contribution in [0.1, 0.15) is 38.0 Å². The molecule has 0 aliphatic carbocycles. The van der Waals surface area contributed by atoms with Gasteiger partial charge in [-0.05, 0) is 40.8 Å². The van der Waals surface area contributed by atoms with Gasteiger partial charge in [0.05, 0.1) is 6.10 Å². The SMILES string of the molecule is CC(C)(C)c1ccc(SCC(O)c2ccc(N)cc2)cc1. The summed E-state index contributed by atoms with van der Waals surface area (Å²) in [5.41, 5.74) is 8.78. The second-order valence-corrected chi connectivity index (χ2v) is 7.36. The second-order valence-electron chi connectivity index (χ2n) is 6.27. The summed E-state index contributed by atoms with van der Waals surface area (Å²) in [5.74, 6) is 0.638. The van der Waals surface area contributed by atoms with Gasteiger partial charge < -0.3 is 10.8 Å². The first kappa shape index (κ1) is 15.9. The van der Waals surface area contributed by atoms with Crippen LogP contribution in [0.3, 0.4) is 0 Å². The molecule has 2 rings (SSSR count). The van der Waals surface area contributed by atoms with E-state index in [-0.39, 0.29) is 5.41 Å². The monoisotopic (exact) mass is 301 g/mol. The van der Waals surface area contributed by atoms with Crippen LogP contribution in [0.2, 0.25) is 0 Å². The average molecular weight is 301 g/mol. The Morgan fingerprint density at radius 3 is 2.10 bits per heavy atom. The Labute approximate surface area is 131 Å². The van der Waals surface area contributed by atoms with Crippen molar-refractivity contribution in [3.63, 3.8) is 0 Å². The van der Waals surface area contributed by atoms with Crippen LogP contribution in [-0.4, -0.2) is 10.9 Å². The normalized spacial score (nSPS) is 13.1. The van der Waals surface area contributed by atoms with E-state index >= 15 is 0 Å². The highest BCUT2D eigenvalue weighted by Crippen LogP contribution is 2.28. The summed E-state index contributed by atoms with van der Waals surface area (Å²) < 4.78 is 0. The lowest BCUT2D eigenvalue weighted by Crippen LogP contribution is -2.10. The van der Waals surface area contributed by atoms with E-state index in [1.807, 2.05) is 24.3 Å². The van der Waals surface area contributed by atoms with Crippen LogP contribution in [0.4, 0.5) is 5.69 Å². The Kier molecular flexibility index (Phi) is 4.96. The maximum absolute atomic E-state index is 10.2. The van der Waals surface area contributed by atoms with Crippen LogP contribution in [0.15, 0.2) is 53.4 Å². The van der Waals surface area contributed by atoms with Gasteiger partial charge in [0.15, 0.2) is 0 Å². The van der Waals surface area contributed by atoms with E-state index in [1.165, 1.54) is 10.5 Å². The number of nitrogen functional groups attached to an aromatic ring is 1. The molecule has 0 aliphatic heterocycles. The molecule has 0 fully saturated rings. The smallest absolute Gasteiger partial charge is 0.0883 e. The lowest BCUT2D eigenvalue weighted by atomic mass is 9.87. The zero-order chi connectivity index (χ0) is 15.5. The van der Waals surface area contributed by atoms with Crippen molar-refractivity contribution in [2.24, 2.45) is 0 Å². The van der Waals surface area contributed by atoms with Crippen LogP contribution in [-0.2, 0) is 5.41 Å². The quantitative estimate of drug-likeness (QED) is 0.650. The molecule has 3 heteroatoms. The number of hydrogen-bond donors (Lipinski definition) is 2. The molecule has 0 amide bonds. The molecule has 112 valence electrons. The third kappa shape index (κ3) is 4.51. The van der Waals surface area contributed by atoms with Crippen molar-refractivity contribution in [2.75, 3.05) is 11.5 Å². The van der Waals surface area contributed by atoms with E-state index in [2.05, 4.69) is 45.0 Å². The van der Waals surface area contributed by atoms with Gasteiger partial charge >= 0.3 is 0 Å². The number of thioether (sulfide) groups is 1. The molecule has 1 atom stereocenters. The van der Waals surface area contributed by atoms with Gasteiger partial charge in [-0.3, -0.25) is 0 Å². The Balaban J connectivity index is 1.95. The van der Waals surface area contributed by atoms with E-state index in [0.29, 0.717) is 5.75 Å². The first-order chi connectivity index (χ1) is 9.86. The lowest BCUT2D eigenvalue weighted by Gasteiger charge is -2.19. The van der Waals surface area contributed by atoms with Crippen LogP contribution in [0, 0.1) is 0 Å². The molecule has 0 aliphatic rings. The molecule has 0 radical (unpaired) electrons. The zero-order valence-corrected chi connectivity index (χ0v) is 13.7. The summed E-state index contributed by atoms with van der Waals surface area (Å²) in [4.78, 5) is 1.18. The summed E-state index contributed by atoms with van der Waals surface area (Å²) in [6.45, 7) is 6.63. The molecule has 0 spiro atoms. The Hall–Kier alpha value is -1.45. The number of rotatable bonds is 4. The predicted octanol–water partition coefficient (Wildman–Crippen LogP) is 4.39. The summed E-state index contributed by atoms with van der Waals surface area (Å²) in [5, 5.41) is 10.2. The molecule has 0 saturated heterocycles. The third-order valence-corrected chi connectivity index (χ3v) is 4.54. The topological polar surface area (TPSA) is 46.2 Å². The van der Waals surface area contributed by atoms with Gasteiger partial charge in [0.1, 0.15) is 0 Å². The molecule has 2 aromatic rings. The highest BCUT2D eigenvalue weighted by molar-refractivity contribution is 7.99. The molecular weight excluding hydrogens is 278 g/mol. The fourth-order valence-electron chi connectivity index (χ4n) is 2.04. The van der Waals surface area contributed by atoms with Crippen LogP contribution in [0.25, 0.3) is 0 Å². The van der Waals surface area contributed by atoms with Crippen molar-refractivity contribution >= 4 is 17.4 Å². The van der Waals surface area contributed by atoms with Crippen molar-refractivity contribution in [3.05, 3.63) is 59.7 Å². The number of aliphatic hydroxyl groups is 1. The number of benzene rings is 2. The summed E-state index contributed by atoms with van der Waals surface area (Å²) in [7, 11) is 0. The van der Waals surface area contributed by atoms with Crippen molar-refractivity contribution in [1.82, 2.24) is 0 Å². The van der Waals surface area contributed by atoms with Gasteiger partial charge in [-0.1, -0.05) is 45.0 Å². The van der Waals surface area contributed by atoms with Crippen LogP contribution < -0.4 is 5.73 Å². The van der Waals surface area contributed by atoms with Gasteiger partial charge in [0, 0.05) is 16.3 Å². The van der Waals surface area contributed by atoms with Crippen LogP contribution in [0.5, 0.6) is 0 Å². The zero-order valence-electron chi connectivity index (χ0n) is 12.8. The van der Waals surface area contributed by atoms with Gasteiger partial charge in [0.25, 0.3) is 0 Å². The minimum Gasteiger partial charge on any atom is -0.399 e. The fraction of sp³-hybridized carbons (Fsp3) is 0.333. The van der Waals surface area contributed by atoms with Crippen molar-refractivity contribution in [3.8, 4) is 0 Å². The van der Waals surface area contributed by atoms with Crippen LogP contribution >= 0.6 is 11.8 Å². The number of aliphatic hydroxyl groups excluding tert-OH is 1. The molecule has 21 heavy (non-hydrogen) atoms. The molecule has 0 heterocycles. The summed E-state index contributed by atoms with van der Waals surface area (Å²) in [6.07, 6.45) is -0.474.